The number of fused-ring (bicyclic) bond motifs is 1. The van der Waals surface area contributed by atoms with Crippen molar-refractivity contribution in [3.8, 4) is 12.3 Å². The van der Waals surface area contributed by atoms with Crippen LogP contribution >= 0.6 is 0 Å². The highest BCUT2D eigenvalue weighted by Gasteiger charge is 2.08. The molecule has 0 aliphatic rings. The van der Waals surface area contributed by atoms with Crippen molar-refractivity contribution in [2.45, 2.75) is 12.5 Å². The van der Waals surface area contributed by atoms with Crippen LogP contribution in [0.1, 0.15) is 18.0 Å². The van der Waals surface area contributed by atoms with E-state index in [0.29, 0.717) is 13.0 Å². The van der Waals surface area contributed by atoms with E-state index in [1.807, 2.05) is 12.1 Å². The standard InChI is InChI=1S/C15H17N3/c1-2-3-8-18-15(11-16)13-6-7-14-12(10-13)5-4-9-17-14/h1,4-7,9-10,15,18H,3,8,11,16H2. The smallest absolute Gasteiger partial charge is 0.0702 e. The molecule has 2 rings (SSSR count). The first-order valence-corrected chi connectivity index (χ1v) is 6.06. The largest absolute Gasteiger partial charge is 0.329 e. The van der Waals surface area contributed by atoms with Gasteiger partial charge >= 0.3 is 0 Å². The molecule has 1 atom stereocenters. The molecule has 3 N–H and O–H groups in total. The van der Waals surface area contributed by atoms with Crippen LogP contribution in [-0.2, 0) is 0 Å². The van der Waals surface area contributed by atoms with Gasteiger partial charge in [-0.05, 0) is 23.8 Å². The minimum absolute atomic E-state index is 0.142. The van der Waals surface area contributed by atoms with E-state index in [4.69, 9.17) is 12.2 Å². The quantitative estimate of drug-likeness (QED) is 0.618. The fraction of sp³-hybridized carbons (Fsp3) is 0.267. The molecule has 3 heteroatoms. The van der Waals surface area contributed by atoms with Crippen molar-refractivity contribution in [3.05, 3.63) is 42.1 Å². The third-order valence-electron chi connectivity index (χ3n) is 2.93. The van der Waals surface area contributed by atoms with Crippen molar-refractivity contribution in [1.29, 1.82) is 0 Å². The lowest BCUT2D eigenvalue weighted by atomic mass is 10.0. The van der Waals surface area contributed by atoms with Gasteiger partial charge in [0, 0.05) is 37.1 Å². The number of benzene rings is 1. The maximum atomic E-state index is 5.80. The Morgan fingerprint density at radius 1 is 1.39 bits per heavy atom. The van der Waals surface area contributed by atoms with E-state index in [9.17, 15) is 0 Å². The normalized spacial score (nSPS) is 12.2. The summed E-state index contributed by atoms with van der Waals surface area (Å²) in [5.74, 6) is 2.61. The van der Waals surface area contributed by atoms with E-state index in [2.05, 4.69) is 34.4 Å². The third-order valence-corrected chi connectivity index (χ3v) is 2.93. The van der Waals surface area contributed by atoms with Gasteiger partial charge in [0.05, 0.1) is 5.52 Å². The number of terminal acetylenes is 1. The third kappa shape index (κ3) is 2.86. The van der Waals surface area contributed by atoms with Crippen LogP contribution in [0.15, 0.2) is 36.5 Å². The molecular weight excluding hydrogens is 222 g/mol. The van der Waals surface area contributed by atoms with Gasteiger partial charge < -0.3 is 11.1 Å². The molecule has 1 heterocycles. The molecule has 1 aromatic carbocycles. The summed E-state index contributed by atoms with van der Waals surface area (Å²) >= 11 is 0. The zero-order valence-electron chi connectivity index (χ0n) is 10.3. The van der Waals surface area contributed by atoms with Crippen LogP contribution in [0.2, 0.25) is 0 Å². The number of rotatable bonds is 5. The van der Waals surface area contributed by atoms with Crippen molar-refractivity contribution in [2.75, 3.05) is 13.1 Å². The predicted molar refractivity (Wildman–Crippen MR) is 75.0 cm³/mol. The van der Waals surface area contributed by atoms with Crippen molar-refractivity contribution in [1.82, 2.24) is 10.3 Å². The molecule has 1 unspecified atom stereocenters. The van der Waals surface area contributed by atoms with Crippen LogP contribution in [-0.4, -0.2) is 18.1 Å². The molecule has 0 spiro atoms. The SMILES string of the molecule is C#CCCNC(CN)c1ccc2ncccc2c1. The minimum atomic E-state index is 0.142. The van der Waals surface area contributed by atoms with E-state index in [0.717, 1.165) is 17.4 Å². The number of nitrogens with one attached hydrogen (secondary N) is 1. The summed E-state index contributed by atoms with van der Waals surface area (Å²) in [5, 5.41) is 4.50. The maximum absolute atomic E-state index is 5.80. The molecular formula is C15H17N3. The van der Waals surface area contributed by atoms with E-state index in [-0.39, 0.29) is 6.04 Å². The molecule has 0 bridgehead atoms. The van der Waals surface area contributed by atoms with E-state index in [1.54, 1.807) is 6.20 Å². The van der Waals surface area contributed by atoms with E-state index < -0.39 is 0 Å². The molecule has 0 radical (unpaired) electrons. The van der Waals surface area contributed by atoms with Crippen molar-refractivity contribution in [3.63, 3.8) is 0 Å². The Balaban J connectivity index is 2.20. The summed E-state index contributed by atoms with van der Waals surface area (Å²) in [6.07, 6.45) is 7.75. The molecule has 0 fully saturated rings. The topological polar surface area (TPSA) is 50.9 Å². The molecule has 0 amide bonds. The zero-order chi connectivity index (χ0) is 12.8. The summed E-state index contributed by atoms with van der Waals surface area (Å²) in [6, 6.07) is 10.4. The maximum Gasteiger partial charge on any atom is 0.0702 e. The second-order valence-corrected chi connectivity index (χ2v) is 4.15. The van der Waals surface area contributed by atoms with Gasteiger partial charge in [-0.25, -0.2) is 0 Å². The van der Waals surface area contributed by atoms with Gasteiger partial charge in [-0.3, -0.25) is 4.98 Å². The predicted octanol–water partition coefficient (Wildman–Crippen LogP) is 1.85. The molecule has 0 aliphatic carbocycles. The van der Waals surface area contributed by atoms with Crippen LogP contribution in [0.25, 0.3) is 10.9 Å². The summed E-state index contributed by atoms with van der Waals surface area (Å²) < 4.78 is 0. The van der Waals surface area contributed by atoms with Gasteiger partial charge in [0.25, 0.3) is 0 Å². The fourth-order valence-corrected chi connectivity index (χ4v) is 1.97. The first-order chi connectivity index (χ1) is 8.85. The molecule has 2 aromatic rings. The van der Waals surface area contributed by atoms with E-state index >= 15 is 0 Å². The second-order valence-electron chi connectivity index (χ2n) is 4.15. The first kappa shape index (κ1) is 12.6. The molecule has 18 heavy (non-hydrogen) atoms. The minimum Gasteiger partial charge on any atom is -0.329 e. The van der Waals surface area contributed by atoms with Crippen molar-refractivity contribution >= 4 is 10.9 Å². The lowest BCUT2D eigenvalue weighted by molar-refractivity contribution is 0.551. The average Bonchev–Trinajstić information content (AvgIpc) is 2.43. The van der Waals surface area contributed by atoms with Gasteiger partial charge in [0.1, 0.15) is 0 Å². The van der Waals surface area contributed by atoms with Gasteiger partial charge in [0.2, 0.25) is 0 Å². The lowest BCUT2D eigenvalue weighted by Crippen LogP contribution is -2.28. The molecule has 0 saturated carbocycles. The zero-order valence-corrected chi connectivity index (χ0v) is 10.3. The number of nitrogens with zero attached hydrogens (tertiary/aromatic N) is 1. The number of nitrogens with two attached hydrogens (primary N) is 1. The molecule has 0 saturated heterocycles. The van der Waals surface area contributed by atoms with Crippen molar-refractivity contribution in [2.24, 2.45) is 5.73 Å². The van der Waals surface area contributed by atoms with Crippen LogP contribution in [0.5, 0.6) is 0 Å². The van der Waals surface area contributed by atoms with E-state index in [1.165, 1.54) is 5.56 Å². The average molecular weight is 239 g/mol. The Morgan fingerprint density at radius 3 is 3.06 bits per heavy atom. The Hall–Kier alpha value is -1.89. The number of aromatic nitrogens is 1. The molecule has 0 aliphatic heterocycles. The highest BCUT2D eigenvalue weighted by molar-refractivity contribution is 5.79. The van der Waals surface area contributed by atoms with Crippen LogP contribution < -0.4 is 11.1 Å². The summed E-state index contributed by atoms with van der Waals surface area (Å²) in [4.78, 5) is 4.30. The van der Waals surface area contributed by atoms with Gasteiger partial charge in [-0.15, -0.1) is 12.3 Å². The van der Waals surface area contributed by atoms with Gasteiger partial charge in [-0.2, -0.15) is 0 Å². The monoisotopic (exact) mass is 239 g/mol. The van der Waals surface area contributed by atoms with Gasteiger partial charge in [0.15, 0.2) is 0 Å². The Kier molecular flexibility index (Phi) is 4.30. The number of hydrogen-bond acceptors (Lipinski definition) is 3. The Labute approximate surface area is 107 Å². The summed E-state index contributed by atoms with van der Waals surface area (Å²) in [6.45, 7) is 1.33. The van der Waals surface area contributed by atoms with Crippen LogP contribution in [0.3, 0.4) is 0 Å². The lowest BCUT2D eigenvalue weighted by Gasteiger charge is -2.17. The first-order valence-electron chi connectivity index (χ1n) is 6.06. The Bertz CT molecular complexity index is 557. The number of pyridine rings is 1. The van der Waals surface area contributed by atoms with Crippen molar-refractivity contribution < 1.29 is 0 Å². The Morgan fingerprint density at radius 2 is 2.28 bits per heavy atom. The van der Waals surface area contributed by atoms with Crippen LogP contribution in [0, 0.1) is 12.3 Å². The molecule has 3 nitrogen and oxygen atoms in total. The second kappa shape index (κ2) is 6.15. The number of hydrogen-bond donors (Lipinski definition) is 2. The van der Waals surface area contributed by atoms with Crippen LogP contribution in [0.4, 0.5) is 0 Å². The molecule has 92 valence electrons. The van der Waals surface area contributed by atoms with Gasteiger partial charge in [-0.1, -0.05) is 12.1 Å². The fourth-order valence-electron chi connectivity index (χ4n) is 1.97. The highest BCUT2D eigenvalue weighted by atomic mass is 14.9. The molecule has 1 aromatic heterocycles. The highest BCUT2D eigenvalue weighted by Crippen LogP contribution is 2.18. The summed E-state index contributed by atoms with van der Waals surface area (Å²) in [7, 11) is 0. The summed E-state index contributed by atoms with van der Waals surface area (Å²) in [5.41, 5.74) is 7.98.